The predicted molar refractivity (Wildman–Crippen MR) is 80.4 cm³/mol. The maximum atomic E-state index is 13.8. The van der Waals surface area contributed by atoms with Crippen LogP contribution in [0.4, 0.5) is 10.2 Å². The zero-order valence-corrected chi connectivity index (χ0v) is 12.6. The van der Waals surface area contributed by atoms with Crippen molar-refractivity contribution in [2.24, 2.45) is 0 Å². The minimum atomic E-state index is -0.331. The molecule has 0 saturated carbocycles. The Labute approximate surface area is 128 Å². The molecule has 1 aromatic carbocycles. The SMILES string of the molecule is COCc1nc(C)cc(N[C@H]2CCOc3c(F)cccc32)n1. The summed E-state index contributed by atoms with van der Waals surface area (Å²) < 4.78 is 24.3. The lowest BCUT2D eigenvalue weighted by Crippen LogP contribution is -2.22. The first kappa shape index (κ1) is 14.7. The molecule has 0 saturated heterocycles. The van der Waals surface area contributed by atoms with Crippen LogP contribution in [0.5, 0.6) is 5.75 Å². The van der Waals surface area contributed by atoms with Crippen molar-refractivity contribution in [1.82, 2.24) is 9.97 Å². The molecule has 1 aliphatic rings. The molecule has 1 atom stereocenters. The van der Waals surface area contributed by atoms with Gasteiger partial charge in [0.15, 0.2) is 17.4 Å². The number of rotatable bonds is 4. The Morgan fingerprint density at radius 1 is 1.41 bits per heavy atom. The molecule has 1 aromatic heterocycles. The fourth-order valence-corrected chi connectivity index (χ4v) is 2.61. The first-order chi connectivity index (χ1) is 10.7. The lowest BCUT2D eigenvalue weighted by molar-refractivity contribution is 0.177. The number of hydrogen-bond acceptors (Lipinski definition) is 5. The third-order valence-corrected chi connectivity index (χ3v) is 3.52. The monoisotopic (exact) mass is 303 g/mol. The molecule has 0 radical (unpaired) electrons. The van der Waals surface area contributed by atoms with E-state index in [0.717, 1.165) is 17.7 Å². The first-order valence-corrected chi connectivity index (χ1v) is 7.18. The molecule has 3 rings (SSSR count). The number of halogens is 1. The van der Waals surface area contributed by atoms with Crippen molar-refractivity contribution in [3.05, 3.63) is 47.2 Å². The quantitative estimate of drug-likeness (QED) is 0.941. The van der Waals surface area contributed by atoms with E-state index >= 15 is 0 Å². The number of ether oxygens (including phenoxy) is 2. The lowest BCUT2D eigenvalue weighted by atomic mass is 10.0. The van der Waals surface area contributed by atoms with E-state index < -0.39 is 0 Å². The highest BCUT2D eigenvalue weighted by Gasteiger charge is 2.24. The van der Waals surface area contributed by atoms with Gasteiger partial charge in [0.25, 0.3) is 0 Å². The van der Waals surface area contributed by atoms with Gasteiger partial charge in [0.05, 0.1) is 12.6 Å². The number of methoxy groups -OCH3 is 1. The van der Waals surface area contributed by atoms with Gasteiger partial charge < -0.3 is 14.8 Å². The molecule has 1 aliphatic heterocycles. The van der Waals surface area contributed by atoms with Crippen LogP contribution in [-0.2, 0) is 11.3 Å². The Morgan fingerprint density at radius 3 is 3.09 bits per heavy atom. The van der Waals surface area contributed by atoms with Crippen molar-refractivity contribution in [2.45, 2.75) is 26.0 Å². The summed E-state index contributed by atoms with van der Waals surface area (Å²) in [4.78, 5) is 8.75. The van der Waals surface area contributed by atoms with Crippen molar-refractivity contribution < 1.29 is 13.9 Å². The van der Waals surface area contributed by atoms with E-state index in [2.05, 4.69) is 15.3 Å². The van der Waals surface area contributed by atoms with Crippen LogP contribution in [0.25, 0.3) is 0 Å². The molecule has 0 fully saturated rings. The molecular weight excluding hydrogens is 285 g/mol. The van der Waals surface area contributed by atoms with Crippen molar-refractivity contribution >= 4 is 5.82 Å². The Balaban J connectivity index is 1.87. The van der Waals surface area contributed by atoms with Gasteiger partial charge in [-0.05, 0) is 13.0 Å². The van der Waals surface area contributed by atoms with Gasteiger partial charge >= 0.3 is 0 Å². The molecule has 0 spiro atoms. The van der Waals surface area contributed by atoms with Crippen LogP contribution in [0.2, 0.25) is 0 Å². The fraction of sp³-hybridized carbons (Fsp3) is 0.375. The second-order valence-corrected chi connectivity index (χ2v) is 5.24. The largest absolute Gasteiger partial charge is 0.490 e. The summed E-state index contributed by atoms with van der Waals surface area (Å²) in [6, 6.07) is 6.81. The van der Waals surface area contributed by atoms with Gasteiger partial charge in [-0.25, -0.2) is 14.4 Å². The van der Waals surface area contributed by atoms with E-state index in [4.69, 9.17) is 9.47 Å². The van der Waals surface area contributed by atoms with E-state index in [-0.39, 0.29) is 11.9 Å². The number of anilines is 1. The highest BCUT2D eigenvalue weighted by molar-refractivity contribution is 5.45. The van der Waals surface area contributed by atoms with Crippen LogP contribution in [-0.4, -0.2) is 23.7 Å². The number of nitrogens with one attached hydrogen (secondary N) is 1. The summed E-state index contributed by atoms with van der Waals surface area (Å²) in [5, 5.41) is 3.35. The van der Waals surface area contributed by atoms with E-state index in [1.54, 1.807) is 13.2 Å². The van der Waals surface area contributed by atoms with Crippen molar-refractivity contribution in [1.29, 1.82) is 0 Å². The summed E-state index contributed by atoms with van der Waals surface area (Å²) >= 11 is 0. The Hall–Kier alpha value is -2.21. The molecular formula is C16H18FN3O2. The fourth-order valence-electron chi connectivity index (χ4n) is 2.61. The van der Waals surface area contributed by atoms with Gasteiger partial charge in [-0.3, -0.25) is 0 Å². The number of aryl methyl sites for hydroxylation is 1. The molecule has 5 nitrogen and oxygen atoms in total. The molecule has 2 heterocycles. The second kappa shape index (κ2) is 6.27. The third-order valence-electron chi connectivity index (χ3n) is 3.52. The maximum absolute atomic E-state index is 13.8. The average Bonchev–Trinajstić information content (AvgIpc) is 2.48. The van der Waals surface area contributed by atoms with Crippen molar-refractivity contribution in [2.75, 3.05) is 19.0 Å². The first-order valence-electron chi connectivity index (χ1n) is 7.18. The highest BCUT2D eigenvalue weighted by Crippen LogP contribution is 2.35. The Bertz CT molecular complexity index is 678. The zero-order chi connectivity index (χ0) is 15.5. The molecule has 2 aromatic rings. The van der Waals surface area contributed by atoms with Crippen molar-refractivity contribution in [3.8, 4) is 5.75 Å². The zero-order valence-electron chi connectivity index (χ0n) is 12.6. The van der Waals surface area contributed by atoms with Crippen LogP contribution in [0, 0.1) is 12.7 Å². The molecule has 1 N–H and O–H groups in total. The number of fused-ring (bicyclic) bond motifs is 1. The van der Waals surface area contributed by atoms with E-state index in [1.165, 1.54) is 6.07 Å². The molecule has 0 unspecified atom stereocenters. The summed E-state index contributed by atoms with van der Waals surface area (Å²) in [6.45, 7) is 2.74. The van der Waals surface area contributed by atoms with E-state index in [9.17, 15) is 4.39 Å². The van der Waals surface area contributed by atoms with Gasteiger partial charge in [-0.15, -0.1) is 0 Å². The number of nitrogens with zero attached hydrogens (tertiary/aromatic N) is 2. The van der Waals surface area contributed by atoms with Crippen LogP contribution in [0.1, 0.15) is 29.5 Å². The maximum Gasteiger partial charge on any atom is 0.165 e. The summed E-state index contributed by atoms with van der Waals surface area (Å²) in [7, 11) is 1.61. The standard InChI is InChI=1S/C16H18FN3O2/c1-10-8-14(20-15(18-10)9-21-2)19-13-6-7-22-16-11(13)4-3-5-12(16)17/h3-5,8,13H,6-7,9H2,1-2H3,(H,18,19,20)/t13-/m0/s1. The molecule has 6 heteroatoms. The highest BCUT2D eigenvalue weighted by atomic mass is 19.1. The summed E-state index contributed by atoms with van der Waals surface area (Å²) in [5.41, 5.74) is 1.67. The van der Waals surface area contributed by atoms with Crippen LogP contribution in [0.3, 0.4) is 0 Å². The summed E-state index contributed by atoms with van der Waals surface area (Å²) in [6.07, 6.45) is 0.749. The van der Waals surface area contributed by atoms with Gasteiger partial charge in [-0.1, -0.05) is 12.1 Å². The number of para-hydroxylation sites is 1. The molecule has 22 heavy (non-hydrogen) atoms. The molecule has 0 amide bonds. The normalized spacial score (nSPS) is 16.8. The average molecular weight is 303 g/mol. The van der Waals surface area contributed by atoms with Gasteiger partial charge in [-0.2, -0.15) is 0 Å². The molecule has 0 aliphatic carbocycles. The number of benzene rings is 1. The van der Waals surface area contributed by atoms with Crippen LogP contribution < -0.4 is 10.1 Å². The second-order valence-electron chi connectivity index (χ2n) is 5.24. The number of aromatic nitrogens is 2. The summed E-state index contributed by atoms with van der Waals surface area (Å²) in [5.74, 6) is 1.33. The minimum absolute atomic E-state index is 0.0378. The lowest BCUT2D eigenvalue weighted by Gasteiger charge is -2.27. The van der Waals surface area contributed by atoms with Gasteiger partial charge in [0, 0.05) is 30.9 Å². The Morgan fingerprint density at radius 2 is 2.27 bits per heavy atom. The minimum Gasteiger partial charge on any atom is -0.490 e. The van der Waals surface area contributed by atoms with Crippen LogP contribution in [0.15, 0.2) is 24.3 Å². The van der Waals surface area contributed by atoms with Crippen LogP contribution >= 0.6 is 0 Å². The topological polar surface area (TPSA) is 56.3 Å². The Kier molecular flexibility index (Phi) is 4.20. The smallest absolute Gasteiger partial charge is 0.165 e. The van der Waals surface area contributed by atoms with E-state index in [1.807, 2.05) is 19.1 Å². The third kappa shape index (κ3) is 3.01. The van der Waals surface area contributed by atoms with Gasteiger partial charge in [0.1, 0.15) is 12.4 Å². The van der Waals surface area contributed by atoms with Crippen molar-refractivity contribution in [3.63, 3.8) is 0 Å². The molecule has 116 valence electrons. The molecule has 0 bridgehead atoms. The van der Waals surface area contributed by atoms with Gasteiger partial charge in [0.2, 0.25) is 0 Å². The van der Waals surface area contributed by atoms with E-state index in [0.29, 0.717) is 30.6 Å². The predicted octanol–water partition coefficient (Wildman–Crippen LogP) is 3.01. The number of hydrogen-bond donors (Lipinski definition) is 1.